The quantitative estimate of drug-likeness (QED) is 0.376. The summed E-state index contributed by atoms with van der Waals surface area (Å²) in [6.07, 6.45) is -3.03. The second kappa shape index (κ2) is 10.1. The number of fused-ring (bicyclic) bond motifs is 1. The first-order valence-electron chi connectivity index (χ1n) is 10.8. The predicted octanol–water partition coefficient (Wildman–Crippen LogP) is 3.80. The molecule has 0 spiro atoms. The lowest BCUT2D eigenvalue weighted by atomic mass is 9.83. The van der Waals surface area contributed by atoms with E-state index in [4.69, 9.17) is 5.73 Å². The number of aromatic nitrogens is 3. The number of hydrogen-bond acceptors (Lipinski definition) is 5. The van der Waals surface area contributed by atoms with Crippen LogP contribution in [0.15, 0.2) is 72.9 Å². The third kappa shape index (κ3) is 5.78. The summed E-state index contributed by atoms with van der Waals surface area (Å²) in [5.74, 6) is -1.66. The summed E-state index contributed by atoms with van der Waals surface area (Å²) < 4.78 is 43.2. The van der Waals surface area contributed by atoms with E-state index in [1.54, 1.807) is 22.9 Å². The summed E-state index contributed by atoms with van der Waals surface area (Å²) in [7, 11) is 0. The van der Waals surface area contributed by atoms with Crippen LogP contribution in [-0.4, -0.2) is 38.5 Å². The highest BCUT2D eigenvalue weighted by molar-refractivity contribution is 5.78. The topological polar surface area (TPSA) is 103 Å². The normalized spacial score (nSPS) is 13.5. The number of nitrogens with zero attached hydrogens (tertiary/aromatic N) is 3. The first kappa shape index (κ1) is 24.2. The van der Waals surface area contributed by atoms with E-state index in [2.05, 4.69) is 14.7 Å². The standard InChI is InChI=1S/C25H23F3N4O3/c26-25(27,28)35-18-10-8-16(9-11-18)14-32-22(31-21-7-4-12-30-24(21)32)13-19(23(29)34)20(15-33)17-5-2-1-3-6-17/h1-12,19-20,33H,13-15H2,(H2,29,34)/t19?,20-/m0/s1. The van der Waals surface area contributed by atoms with Crippen LogP contribution in [0.1, 0.15) is 22.9 Å². The van der Waals surface area contributed by atoms with Crippen LogP contribution in [0, 0.1) is 5.92 Å². The second-order valence-corrected chi connectivity index (χ2v) is 8.06. The fourth-order valence-electron chi connectivity index (χ4n) is 4.11. The van der Waals surface area contributed by atoms with Crippen molar-refractivity contribution in [1.29, 1.82) is 0 Å². The molecule has 1 amide bonds. The first-order valence-corrected chi connectivity index (χ1v) is 10.8. The highest BCUT2D eigenvalue weighted by Crippen LogP contribution is 2.29. The highest BCUT2D eigenvalue weighted by atomic mass is 19.4. The fraction of sp³-hybridized carbons (Fsp3) is 0.240. The van der Waals surface area contributed by atoms with Gasteiger partial charge in [0.2, 0.25) is 5.91 Å². The number of hydrogen-bond donors (Lipinski definition) is 2. The Morgan fingerprint density at radius 3 is 2.40 bits per heavy atom. The van der Waals surface area contributed by atoms with Crippen LogP contribution in [0.25, 0.3) is 11.2 Å². The number of alkyl halides is 3. The Labute approximate surface area is 199 Å². The number of carbonyl (C=O) groups is 1. The minimum absolute atomic E-state index is 0.140. The number of amides is 1. The van der Waals surface area contributed by atoms with Gasteiger partial charge in [0.25, 0.3) is 0 Å². The van der Waals surface area contributed by atoms with Crippen molar-refractivity contribution in [2.45, 2.75) is 25.2 Å². The van der Waals surface area contributed by atoms with Crippen LogP contribution in [0.3, 0.4) is 0 Å². The summed E-state index contributed by atoms with van der Waals surface area (Å²) >= 11 is 0. The predicted molar refractivity (Wildman–Crippen MR) is 122 cm³/mol. The maximum absolute atomic E-state index is 12.5. The molecule has 182 valence electrons. The SMILES string of the molecule is NC(=O)C(Cc1nc2cccnc2n1Cc1ccc(OC(F)(F)F)cc1)[C@@H](CO)c1ccccc1. The molecule has 0 radical (unpaired) electrons. The molecule has 2 heterocycles. The maximum Gasteiger partial charge on any atom is 0.573 e. The van der Waals surface area contributed by atoms with Crippen molar-refractivity contribution < 1.29 is 27.8 Å². The van der Waals surface area contributed by atoms with E-state index >= 15 is 0 Å². The average Bonchev–Trinajstić information content (AvgIpc) is 3.17. The van der Waals surface area contributed by atoms with E-state index in [1.807, 2.05) is 30.3 Å². The van der Waals surface area contributed by atoms with Crippen molar-refractivity contribution in [3.8, 4) is 5.75 Å². The van der Waals surface area contributed by atoms with Crippen molar-refractivity contribution in [3.05, 3.63) is 89.9 Å². The Balaban J connectivity index is 1.67. The number of pyridine rings is 1. The molecule has 2 aromatic heterocycles. The molecule has 10 heteroatoms. The third-order valence-corrected chi connectivity index (χ3v) is 5.76. The lowest BCUT2D eigenvalue weighted by molar-refractivity contribution is -0.274. The lowest BCUT2D eigenvalue weighted by Crippen LogP contribution is -2.33. The first-order chi connectivity index (χ1) is 16.7. The van der Waals surface area contributed by atoms with E-state index in [1.165, 1.54) is 24.3 Å². The highest BCUT2D eigenvalue weighted by Gasteiger charge is 2.31. The van der Waals surface area contributed by atoms with Crippen molar-refractivity contribution in [1.82, 2.24) is 14.5 Å². The van der Waals surface area contributed by atoms with Crippen LogP contribution in [0.5, 0.6) is 5.75 Å². The van der Waals surface area contributed by atoms with Gasteiger partial charge in [-0.25, -0.2) is 9.97 Å². The Kier molecular flexibility index (Phi) is 7.02. The summed E-state index contributed by atoms with van der Waals surface area (Å²) in [5, 5.41) is 10.1. The van der Waals surface area contributed by atoms with Gasteiger partial charge < -0.3 is 20.1 Å². The van der Waals surface area contributed by atoms with Crippen molar-refractivity contribution in [2.75, 3.05) is 6.61 Å². The maximum atomic E-state index is 12.5. The van der Waals surface area contributed by atoms with Gasteiger partial charge >= 0.3 is 6.36 Å². The van der Waals surface area contributed by atoms with Gasteiger partial charge in [0.1, 0.15) is 17.1 Å². The fourth-order valence-corrected chi connectivity index (χ4v) is 4.11. The van der Waals surface area contributed by atoms with Crippen LogP contribution in [0.2, 0.25) is 0 Å². The molecule has 1 unspecified atom stereocenters. The summed E-state index contributed by atoms with van der Waals surface area (Å²) in [4.78, 5) is 21.5. The molecule has 2 aromatic carbocycles. The van der Waals surface area contributed by atoms with Gasteiger partial charge in [0, 0.05) is 18.5 Å². The van der Waals surface area contributed by atoms with Gasteiger partial charge in [-0.15, -0.1) is 13.2 Å². The number of primary amides is 1. The average molecular weight is 484 g/mol. The monoisotopic (exact) mass is 484 g/mol. The molecule has 3 N–H and O–H groups in total. The molecule has 0 saturated carbocycles. The number of carbonyl (C=O) groups excluding carboxylic acids is 1. The zero-order chi connectivity index (χ0) is 25.0. The minimum atomic E-state index is -4.77. The van der Waals surface area contributed by atoms with Gasteiger partial charge in [-0.05, 0) is 35.4 Å². The molecule has 0 fully saturated rings. The van der Waals surface area contributed by atoms with Gasteiger partial charge in [0.15, 0.2) is 5.65 Å². The van der Waals surface area contributed by atoms with Crippen LogP contribution in [-0.2, 0) is 17.8 Å². The van der Waals surface area contributed by atoms with E-state index in [-0.39, 0.29) is 25.3 Å². The molecule has 0 bridgehead atoms. The van der Waals surface area contributed by atoms with E-state index < -0.39 is 24.1 Å². The molecule has 0 aliphatic rings. The largest absolute Gasteiger partial charge is 0.573 e. The van der Waals surface area contributed by atoms with Crippen molar-refractivity contribution >= 4 is 17.1 Å². The van der Waals surface area contributed by atoms with Crippen molar-refractivity contribution in [3.63, 3.8) is 0 Å². The van der Waals surface area contributed by atoms with Crippen LogP contribution < -0.4 is 10.5 Å². The molecule has 2 atom stereocenters. The molecule has 35 heavy (non-hydrogen) atoms. The van der Waals surface area contributed by atoms with Gasteiger partial charge in [0.05, 0.1) is 19.1 Å². The van der Waals surface area contributed by atoms with Gasteiger partial charge in [-0.3, -0.25) is 4.79 Å². The van der Waals surface area contributed by atoms with E-state index in [0.29, 0.717) is 22.6 Å². The molecular weight excluding hydrogens is 461 g/mol. The number of rotatable bonds is 9. The zero-order valence-electron chi connectivity index (χ0n) is 18.5. The number of aliphatic hydroxyl groups excluding tert-OH is 1. The molecule has 4 aromatic rings. The zero-order valence-corrected chi connectivity index (χ0v) is 18.5. The summed E-state index contributed by atoms with van der Waals surface area (Å²) in [6, 6.07) is 18.2. The molecule has 0 aliphatic heterocycles. The molecule has 0 aliphatic carbocycles. The van der Waals surface area contributed by atoms with E-state index in [0.717, 1.165) is 5.56 Å². The smallest absolute Gasteiger partial charge is 0.406 e. The third-order valence-electron chi connectivity index (χ3n) is 5.76. The summed E-state index contributed by atoms with van der Waals surface area (Å²) in [6.45, 7) is -0.0352. The molecule has 0 saturated heterocycles. The number of halogens is 3. The number of imidazole rings is 1. The number of aliphatic hydroxyl groups is 1. The van der Waals surface area contributed by atoms with Crippen molar-refractivity contribution in [2.24, 2.45) is 11.7 Å². The Hall–Kier alpha value is -3.92. The molecular formula is C25H23F3N4O3. The van der Waals surface area contributed by atoms with Gasteiger partial charge in [-0.2, -0.15) is 0 Å². The second-order valence-electron chi connectivity index (χ2n) is 8.06. The number of benzene rings is 2. The summed E-state index contributed by atoms with van der Waals surface area (Å²) in [5.41, 5.74) is 8.37. The van der Waals surface area contributed by atoms with E-state index in [9.17, 15) is 23.1 Å². The molecule has 7 nitrogen and oxygen atoms in total. The Morgan fingerprint density at radius 1 is 1.06 bits per heavy atom. The van der Waals surface area contributed by atoms with Crippen LogP contribution >= 0.6 is 0 Å². The Bertz CT molecular complexity index is 1290. The minimum Gasteiger partial charge on any atom is -0.406 e. The number of nitrogens with two attached hydrogens (primary N) is 1. The Morgan fingerprint density at radius 2 is 1.77 bits per heavy atom. The van der Waals surface area contributed by atoms with Gasteiger partial charge in [-0.1, -0.05) is 42.5 Å². The lowest BCUT2D eigenvalue weighted by Gasteiger charge is -2.23. The van der Waals surface area contributed by atoms with Crippen LogP contribution in [0.4, 0.5) is 13.2 Å². The number of ether oxygens (including phenoxy) is 1. The molecule has 4 rings (SSSR count).